The van der Waals surface area contributed by atoms with E-state index in [0.29, 0.717) is 27.9 Å². The zero-order valence-electron chi connectivity index (χ0n) is 23.6. The quantitative estimate of drug-likeness (QED) is 0.280. The summed E-state index contributed by atoms with van der Waals surface area (Å²) < 4.78 is 7.31. The molecule has 4 aromatic rings. The molecule has 1 unspecified atom stereocenters. The van der Waals surface area contributed by atoms with E-state index < -0.39 is 0 Å². The molecule has 0 spiro atoms. The van der Waals surface area contributed by atoms with E-state index in [-0.39, 0.29) is 18.0 Å². The first-order chi connectivity index (χ1) is 19.2. The van der Waals surface area contributed by atoms with Crippen LogP contribution in [-0.2, 0) is 0 Å². The fourth-order valence-electron chi connectivity index (χ4n) is 5.49. The Labute approximate surface area is 245 Å². The highest BCUT2D eigenvalue weighted by Gasteiger charge is 2.32. The third-order valence-corrected chi connectivity index (χ3v) is 8.23. The molecule has 0 amide bonds. The number of rotatable bonds is 8. The first kappa shape index (κ1) is 28.4. The normalized spacial score (nSPS) is 15.2. The van der Waals surface area contributed by atoms with Crippen molar-refractivity contribution in [3.05, 3.63) is 58.1 Å². The van der Waals surface area contributed by atoms with Gasteiger partial charge in [-0.1, -0.05) is 37.0 Å². The summed E-state index contributed by atoms with van der Waals surface area (Å²) in [7, 11) is 1.59. The molecule has 9 nitrogen and oxygen atoms in total. The Morgan fingerprint density at radius 2 is 1.70 bits per heavy atom. The Bertz CT molecular complexity index is 1460. The van der Waals surface area contributed by atoms with Gasteiger partial charge < -0.3 is 20.3 Å². The van der Waals surface area contributed by atoms with Crippen molar-refractivity contribution >= 4 is 40.6 Å². The molecule has 1 fully saturated rings. The Hall–Kier alpha value is -3.14. The summed E-state index contributed by atoms with van der Waals surface area (Å²) in [5.41, 5.74) is 10.3. The summed E-state index contributed by atoms with van der Waals surface area (Å²) in [5.74, 6) is 2.53. The minimum absolute atomic E-state index is 0.0799. The lowest BCUT2D eigenvalue weighted by Gasteiger charge is -2.42. The monoisotopic (exact) mass is 582 g/mol. The second kappa shape index (κ2) is 11.8. The fraction of sp³-hybridized carbons (Fsp3) is 0.448. The molecule has 0 aliphatic carbocycles. The zero-order chi connectivity index (χ0) is 28.6. The van der Waals surface area contributed by atoms with Crippen LogP contribution in [0.3, 0.4) is 0 Å². The molecular formula is C29H36Cl2N8O. The second-order valence-electron chi connectivity index (χ2n) is 10.6. The Balaban J connectivity index is 1.62. The number of aryl methyl sites for hydroxylation is 1. The summed E-state index contributed by atoms with van der Waals surface area (Å²) in [4.78, 5) is 18.7. The van der Waals surface area contributed by atoms with E-state index >= 15 is 0 Å². The summed E-state index contributed by atoms with van der Waals surface area (Å²) >= 11 is 13.5. The molecule has 1 aromatic carbocycles. The van der Waals surface area contributed by atoms with Gasteiger partial charge in [-0.15, -0.1) is 0 Å². The molecule has 1 aliphatic rings. The summed E-state index contributed by atoms with van der Waals surface area (Å²) in [6.07, 6.45) is 5.45. The number of hydrogen-bond donors (Lipinski definition) is 1. The van der Waals surface area contributed by atoms with Gasteiger partial charge in [0, 0.05) is 61.4 Å². The van der Waals surface area contributed by atoms with Crippen LogP contribution in [-0.4, -0.2) is 63.4 Å². The second-order valence-corrected chi connectivity index (χ2v) is 11.4. The highest BCUT2D eigenvalue weighted by atomic mass is 35.5. The fourth-order valence-corrected chi connectivity index (χ4v) is 6.15. The van der Waals surface area contributed by atoms with Crippen LogP contribution in [0.2, 0.25) is 10.0 Å². The molecule has 3 aromatic heterocycles. The number of nitrogens with two attached hydrogens (primary N) is 1. The molecular weight excluding hydrogens is 547 g/mol. The topological polar surface area (TPSA) is 97.7 Å². The predicted molar refractivity (Wildman–Crippen MR) is 162 cm³/mol. The molecule has 1 saturated heterocycles. The molecule has 40 heavy (non-hydrogen) atoms. The maximum Gasteiger partial charge on any atom is 0.225 e. The smallest absolute Gasteiger partial charge is 0.225 e. The van der Waals surface area contributed by atoms with Gasteiger partial charge in [0.25, 0.3) is 0 Å². The van der Waals surface area contributed by atoms with Crippen LogP contribution in [0.25, 0.3) is 16.8 Å². The Kier molecular flexibility index (Phi) is 8.35. The standard InChI is InChI=1S/C29H36Cl2N8O/c1-17(2)24-15-25(38(18(3)16-32)20-7-11-37(12-8-20)29-33-9-6-10-34-29)39-28(35-24)26(19(4)36-39)27-22(30)13-21(40-5)14-23(27)31/h6,9-10,13-15,17-18,20H,7-8,11-12,16,32H2,1-5H3. The van der Waals surface area contributed by atoms with Crippen molar-refractivity contribution in [1.82, 2.24) is 24.6 Å². The van der Waals surface area contributed by atoms with Gasteiger partial charge in [-0.3, -0.25) is 0 Å². The molecule has 0 radical (unpaired) electrons. The number of hydrogen-bond acceptors (Lipinski definition) is 8. The van der Waals surface area contributed by atoms with Gasteiger partial charge >= 0.3 is 0 Å². The number of piperidine rings is 1. The van der Waals surface area contributed by atoms with Crippen molar-refractivity contribution in [3.63, 3.8) is 0 Å². The van der Waals surface area contributed by atoms with Gasteiger partial charge in [-0.2, -0.15) is 9.61 Å². The molecule has 4 heterocycles. The van der Waals surface area contributed by atoms with E-state index in [0.717, 1.165) is 60.3 Å². The molecule has 0 bridgehead atoms. The number of halogens is 2. The molecule has 1 aliphatic heterocycles. The van der Waals surface area contributed by atoms with E-state index in [1.165, 1.54) is 0 Å². The minimum Gasteiger partial charge on any atom is -0.497 e. The maximum atomic E-state index is 6.77. The van der Waals surface area contributed by atoms with Crippen molar-refractivity contribution in [2.75, 3.05) is 36.5 Å². The molecule has 11 heteroatoms. The van der Waals surface area contributed by atoms with Gasteiger partial charge in [0.1, 0.15) is 11.6 Å². The first-order valence-corrected chi connectivity index (χ1v) is 14.4. The summed E-state index contributed by atoms with van der Waals surface area (Å²) in [6.45, 7) is 10.6. The van der Waals surface area contributed by atoms with Crippen molar-refractivity contribution in [2.24, 2.45) is 5.73 Å². The Morgan fingerprint density at radius 3 is 2.27 bits per heavy atom. The van der Waals surface area contributed by atoms with E-state index in [4.69, 9.17) is 43.8 Å². The van der Waals surface area contributed by atoms with E-state index in [9.17, 15) is 0 Å². The van der Waals surface area contributed by atoms with Crippen LogP contribution in [0.5, 0.6) is 5.75 Å². The van der Waals surface area contributed by atoms with Crippen molar-refractivity contribution in [2.45, 2.75) is 58.5 Å². The zero-order valence-corrected chi connectivity index (χ0v) is 25.1. The molecule has 0 saturated carbocycles. The molecule has 212 valence electrons. The lowest BCUT2D eigenvalue weighted by molar-refractivity contribution is 0.415. The van der Waals surface area contributed by atoms with Crippen LogP contribution in [0.15, 0.2) is 36.7 Å². The third kappa shape index (κ3) is 5.30. The average molecular weight is 584 g/mol. The van der Waals surface area contributed by atoms with Gasteiger partial charge in [-0.05, 0) is 50.8 Å². The Morgan fingerprint density at radius 1 is 1.05 bits per heavy atom. The molecule has 2 N–H and O–H groups in total. The van der Waals surface area contributed by atoms with E-state index in [1.54, 1.807) is 31.6 Å². The van der Waals surface area contributed by atoms with Crippen LogP contribution in [0, 0.1) is 6.92 Å². The van der Waals surface area contributed by atoms with Gasteiger partial charge in [0.2, 0.25) is 5.95 Å². The SMILES string of the molecule is COc1cc(Cl)c(-c2c(C)nn3c(N(C(C)CN)C4CCN(c5ncccn5)CC4)cc(C(C)C)nc23)c(Cl)c1. The highest BCUT2D eigenvalue weighted by molar-refractivity contribution is 6.39. The predicted octanol–water partition coefficient (Wildman–Crippen LogP) is 5.76. The first-order valence-electron chi connectivity index (χ1n) is 13.7. The number of ether oxygens (including phenoxy) is 1. The largest absolute Gasteiger partial charge is 0.497 e. The van der Waals surface area contributed by atoms with E-state index in [1.807, 2.05) is 17.5 Å². The number of anilines is 2. The lowest BCUT2D eigenvalue weighted by Crippen LogP contribution is -2.51. The number of aromatic nitrogens is 5. The van der Waals surface area contributed by atoms with Crippen LogP contribution in [0.4, 0.5) is 11.8 Å². The summed E-state index contributed by atoms with van der Waals surface area (Å²) in [5, 5.41) is 5.98. The van der Waals surface area contributed by atoms with E-state index in [2.05, 4.69) is 46.6 Å². The number of nitrogens with zero attached hydrogens (tertiary/aromatic N) is 7. The number of fused-ring (bicyclic) bond motifs is 1. The van der Waals surface area contributed by atoms with Gasteiger partial charge in [-0.25, -0.2) is 15.0 Å². The van der Waals surface area contributed by atoms with Crippen LogP contribution in [0.1, 0.15) is 50.9 Å². The number of methoxy groups -OCH3 is 1. The van der Waals surface area contributed by atoms with Crippen molar-refractivity contribution in [3.8, 4) is 16.9 Å². The van der Waals surface area contributed by atoms with Crippen molar-refractivity contribution in [1.29, 1.82) is 0 Å². The maximum absolute atomic E-state index is 6.77. The average Bonchev–Trinajstić information content (AvgIpc) is 3.28. The minimum atomic E-state index is 0.0799. The third-order valence-electron chi connectivity index (χ3n) is 7.63. The highest BCUT2D eigenvalue weighted by Crippen LogP contribution is 2.42. The number of benzene rings is 1. The van der Waals surface area contributed by atoms with Gasteiger partial charge in [0.15, 0.2) is 5.65 Å². The molecule has 5 rings (SSSR count). The summed E-state index contributed by atoms with van der Waals surface area (Å²) in [6, 6.07) is 7.87. The molecule has 1 atom stereocenters. The van der Waals surface area contributed by atoms with Crippen molar-refractivity contribution < 1.29 is 4.74 Å². The van der Waals surface area contributed by atoms with Crippen LogP contribution < -0.4 is 20.3 Å². The lowest BCUT2D eigenvalue weighted by atomic mass is 10.0. The van der Waals surface area contributed by atoms with Gasteiger partial charge in [0.05, 0.1) is 28.4 Å². The van der Waals surface area contributed by atoms with Crippen LogP contribution >= 0.6 is 23.2 Å².